The summed E-state index contributed by atoms with van der Waals surface area (Å²) < 4.78 is 18.7. The van der Waals surface area contributed by atoms with Crippen LogP contribution in [-0.2, 0) is 11.3 Å². The number of carbonyl (C=O) groups is 1. The van der Waals surface area contributed by atoms with E-state index in [2.05, 4.69) is 23.3 Å². The van der Waals surface area contributed by atoms with Gasteiger partial charge < -0.3 is 10.1 Å². The third-order valence-electron chi connectivity index (χ3n) is 4.17. The summed E-state index contributed by atoms with van der Waals surface area (Å²) in [6, 6.07) is 13.8. The molecule has 3 rings (SSSR count). The molecule has 140 valence electrons. The standard InChI is InChI=1S/C21H21FN2O2S/c1-13-7-4-5-10-18(13)21-24-14(2)19(27-21)12-23-20(25)15(3)26-17-9-6-8-16(22)11-17/h4-11,15H,12H2,1-3H3,(H,23,25). The summed E-state index contributed by atoms with van der Waals surface area (Å²) in [5.74, 6) is -0.331. The molecule has 1 unspecified atom stereocenters. The average molecular weight is 384 g/mol. The zero-order valence-corrected chi connectivity index (χ0v) is 16.3. The van der Waals surface area contributed by atoms with Crippen LogP contribution in [-0.4, -0.2) is 17.0 Å². The molecule has 0 radical (unpaired) electrons. The maximum Gasteiger partial charge on any atom is 0.261 e. The molecule has 1 N–H and O–H groups in total. The third-order valence-corrected chi connectivity index (χ3v) is 5.36. The van der Waals surface area contributed by atoms with E-state index >= 15 is 0 Å². The Bertz CT molecular complexity index is 955. The molecule has 1 aromatic heterocycles. The Morgan fingerprint density at radius 1 is 1.22 bits per heavy atom. The van der Waals surface area contributed by atoms with Gasteiger partial charge in [0.15, 0.2) is 6.10 Å². The van der Waals surface area contributed by atoms with Crippen LogP contribution in [0, 0.1) is 19.7 Å². The normalized spacial score (nSPS) is 11.9. The zero-order chi connectivity index (χ0) is 19.4. The molecular formula is C21H21FN2O2S. The minimum absolute atomic E-state index is 0.260. The van der Waals surface area contributed by atoms with Crippen LogP contribution in [0.5, 0.6) is 5.75 Å². The van der Waals surface area contributed by atoms with E-state index in [1.54, 1.807) is 30.4 Å². The molecule has 0 aliphatic carbocycles. The van der Waals surface area contributed by atoms with Gasteiger partial charge >= 0.3 is 0 Å². The Kier molecular flexibility index (Phi) is 5.86. The fourth-order valence-corrected chi connectivity index (χ4v) is 3.72. The van der Waals surface area contributed by atoms with Gasteiger partial charge in [0, 0.05) is 16.5 Å². The van der Waals surface area contributed by atoms with Crippen LogP contribution in [0.1, 0.15) is 23.1 Å². The van der Waals surface area contributed by atoms with Crippen molar-refractivity contribution in [2.24, 2.45) is 0 Å². The number of nitrogens with one attached hydrogen (secondary N) is 1. The Hall–Kier alpha value is -2.73. The van der Waals surface area contributed by atoms with Gasteiger partial charge in [-0.05, 0) is 38.5 Å². The molecule has 0 saturated heterocycles. The molecule has 0 spiro atoms. The van der Waals surface area contributed by atoms with Gasteiger partial charge in [0.05, 0.1) is 12.2 Å². The molecule has 27 heavy (non-hydrogen) atoms. The number of halogens is 1. The lowest BCUT2D eigenvalue weighted by molar-refractivity contribution is -0.127. The maximum absolute atomic E-state index is 13.2. The minimum atomic E-state index is -0.726. The number of amides is 1. The molecule has 0 saturated carbocycles. The zero-order valence-electron chi connectivity index (χ0n) is 15.5. The predicted molar refractivity (Wildman–Crippen MR) is 105 cm³/mol. The van der Waals surface area contributed by atoms with Crippen molar-refractivity contribution in [3.05, 3.63) is 70.5 Å². The number of aromatic nitrogens is 1. The highest BCUT2D eigenvalue weighted by molar-refractivity contribution is 7.15. The van der Waals surface area contributed by atoms with Crippen LogP contribution < -0.4 is 10.1 Å². The van der Waals surface area contributed by atoms with Crippen molar-refractivity contribution < 1.29 is 13.9 Å². The number of hydrogen-bond donors (Lipinski definition) is 1. The van der Waals surface area contributed by atoms with Gasteiger partial charge in [-0.2, -0.15) is 0 Å². The minimum Gasteiger partial charge on any atom is -0.481 e. The molecule has 0 fully saturated rings. The number of aryl methyl sites for hydroxylation is 2. The quantitative estimate of drug-likeness (QED) is 0.673. The number of ether oxygens (including phenoxy) is 1. The van der Waals surface area contributed by atoms with Crippen molar-refractivity contribution in [1.82, 2.24) is 10.3 Å². The maximum atomic E-state index is 13.2. The Labute approximate surface area is 162 Å². The fraction of sp³-hybridized carbons (Fsp3) is 0.238. The lowest BCUT2D eigenvalue weighted by atomic mass is 10.1. The van der Waals surface area contributed by atoms with Crippen molar-refractivity contribution in [2.75, 3.05) is 0 Å². The predicted octanol–water partition coefficient (Wildman–Crippen LogP) is 4.65. The highest BCUT2D eigenvalue weighted by Crippen LogP contribution is 2.30. The smallest absolute Gasteiger partial charge is 0.261 e. The fourth-order valence-electron chi connectivity index (χ4n) is 2.63. The first-order valence-electron chi connectivity index (χ1n) is 8.66. The highest BCUT2D eigenvalue weighted by atomic mass is 32.1. The third kappa shape index (κ3) is 4.71. The first-order valence-corrected chi connectivity index (χ1v) is 9.48. The summed E-state index contributed by atoms with van der Waals surface area (Å²) in [5.41, 5.74) is 3.17. The lowest BCUT2D eigenvalue weighted by Crippen LogP contribution is -2.35. The van der Waals surface area contributed by atoms with Crippen LogP contribution in [0.3, 0.4) is 0 Å². The van der Waals surface area contributed by atoms with E-state index in [0.717, 1.165) is 21.1 Å². The highest BCUT2D eigenvalue weighted by Gasteiger charge is 2.17. The van der Waals surface area contributed by atoms with E-state index < -0.39 is 11.9 Å². The van der Waals surface area contributed by atoms with Gasteiger partial charge in [-0.25, -0.2) is 9.37 Å². The van der Waals surface area contributed by atoms with Crippen molar-refractivity contribution in [3.8, 4) is 16.3 Å². The van der Waals surface area contributed by atoms with Crippen molar-refractivity contribution in [1.29, 1.82) is 0 Å². The number of hydrogen-bond acceptors (Lipinski definition) is 4. The largest absolute Gasteiger partial charge is 0.481 e. The van der Waals surface area contributed by atoms with E-state index in [1.807, 2.05) is 25.1 Å². The first-order chi connectivity index (χ1) is 12.9. The van der Waals surface area contributed by atoms with Crippen molar-refractivity contribution in [2.45, 2.75) is 33.4 Å². The molecule has 0 bridgehead atoms. The Balaban J connectivity index is 1.63. The number of benzene rings is 2. The number of thiazole rings is 1. The summed E-state index contributed by atoms with van der Waals surface area (Å²) >= 11 is 1.57. The second kappa shape index (κ2) is 8.31. The summed E-state index contributed by atoms with van der Waals surface area (Å²) in [5, 5.41) is 3.81. The van der Waals surface area contributed by atoms with Gasteiger partial charge in [0.1, 0.15) is 16.6 Å². The molecule has 0 aliphatic heterocycles. The summed E-state index contributed by atoms with van der Waals surface area (Å²) in [6.07, 6.45) is -0.726. The van der Waals surface area contributed by atoms with Gasteiger partial charge in [-0.1, -0.05) is 30.3 Å². The Morgan fingerprint density at radius 3 is 2.74 bits per heavy atom. The van der Waals surface area contributed by atoms with Crippen LogP contribution in [0.4, 0.5) is 4.39 Å². The van der Waals surface area contributed by atoms with E-state index in [9.17, 15) is 9.18 Å². The van der Waals surface area contributed by atoms with E-state index in [-0.39, 0.29) is 5.91 Å². The summed E-state index contributed by atoms with van der Waals surface area (Å²) in [6.45, 7) is 6.01. The second-order valence-corrected chi connectivity index (χ2v) is 7.36. The average Bonchev–Trinajstić information content (AvgIpc) is 3.00. The van der Waals surface area contributed by atoms with Crippen LogP contribution in [0.15, 0.2) is 48.5 Å². The number of rotatable bonds is 6. The molecule has 2 aromatic carbocycles. The molecule has 1 heterocycles. The summed E-state index contributed by atoms with van der Waals surface area (Å²) in [7, 11) is 0. The van der Waals surface area contributed by atoms with Gasteiger partial charge in [0.25, 0.3) is 5.91 Å². The monoisotopic (exact) mass is 384 g/mol. The number of nitrogens with zero attached hydrogens (tertiary/aromatic N) is 1. The number of carbonyl (C=O) groups excluding carboxylic acids is 1. The molecule has 0 aliphatic rings. The molecule has 4 nitrogen and oxygen atoms in total. The molecule has 1 amide bonds. The van der Waals surface area contributed by atoms with Gasteiger partial charge in [0.2, 0.25) is 0 Å². The van der Waals surface area contributed by atoms with E-state index in [4.69, 9.17) is 4.74 Å². The van der Waals surface area contributed by atoms with Gasteiger partial charge in [-0.3, -0.25) is 4.79 Å². The molecular weight excluding hydrogens is 363 g/mol. The van der Waals surface area contributed by atoms with Crippen molar-refractivity contribution >= 4 is 17.2 Å². The molecule has 6 heteroatoms. The SMILES string of the molecule is Cc1ccccc1-c1nc(C)c(CNC(=O)C(C)Oc2cccc(F)c2)s1. The van der Waals surface area contributed by atoms with E-state index in [0.29, 0.717) is 12.3 Å². The molecule has 1 atom stereocenters. The van der Waals surface area contributed by atoms with E-state index in [1.165, 1.54) is 17.7 Å². The topological polar surface area (TPSA) is 51.2 Å². The van der Waals surface area contributed by atoms with Crippen LogP contribution in [0.2, 0.25) is 0 Å². The lowest BCUT2D eigenvalue weighted by Gasteiger charge is -2.14. The first kappa shape index (κ1) is 19.0. The van der Waals surface area contributed by atoms with Crippen LogP contribution >= 0.6 is 11.3 Å². The van der Waals surface area contributed by atoms with Crippen LogP contribution in [0.25, 0.3) is 10.6 Å². The summed E-state index contributed by atoms with van der Waals surface area (Å²) in [4.78, 5) is 17.9. The second-order valence-electron chi connectivity index (χ2n) is 6.28. The Morgan fingerprint density at radius 2 is 2.00 bits per heavy atom. The van der Waals surface area contributed by atoms with Gasteiger partial charge in [-0.15, -0.1) is 11.3 Å². The van der Waals surface area contributed by atoms with Crippen molar-refractivity contribution in [3.63, 3.8) is 0 Å². The molecule has 3 aromatic rings.